The molecule has 0 saturated carbocycles. The Labute approximate surface area is 591 Å². The van der Waals surface area contributed by atoms with Crippen molar-refractivity contribution in [3.05, 3.63) is 205 Å². The maximum absolute atomic E-state index is 12.9. The second-order valence-electron chi connectivity index (χ2n) is 23.6. The fraction of sp³-hybridized carbons (Fsp3) is 0.425. The summed E-state index contributed by atoms with van der Waals surface area (Å²) in [5.41, 5.74) is -6.31. The first-order chi connectivity index (χ1) is 47.7. The highest BCUT2D eigenvalue weighted by molar-refractivity contribution is 5.97. The predicted molar refractivity (Wildman–Crippen MR) is 378 cm³/mol. The first-order valence-electron chi connectivity index (χ1n) is 31.8. The van der Waals surface area contributed by atoms with Gasteiger partial charge in [0.05, 0.1) is 61.9 Å². The summed E-state index contributed by atoms with van der Waals surface area (Å²) in [7, 11) is 7.30. The average Bonchev–Trinajstić information content (AvgIpc) is 1.07. The fourth-order valence-corrected chi connectivity index (χ4v) is 8.81. The van der Waals surface area contributed by atoms with Crippen LogP contribution >= 0.6 is 0 Å². The molecule has 10 N–H and O–H groups in total. The Morgan fingerprint density at radius 1 is 0.545 bits per heavy atom. The van der Waals surface area contributed by atoms with E-state index in [0.29, 0.717) is 29.9 Å². The Bertz CT molecular complexity index is 3420. The van der Waals surface area contributed by atoms with Gasteiger partial charge in [0.15, 0.2) is 24.4 Å². The summed E-state index contributed by atoms with van der Waals surface area (Å²) in [4.78, 5) is 110. The fourth-order valence-electron chi connectivity index (χ4n) is 8.81. The molecule has 28 nitrogen and oxygen atoms in total. The molecular formula is C73H102N8O20. The van der Waals surface area contributed by atoms with E-state index in [1.54, 1.807) is 146 Å². The SMILES string of the molecule is COC(=O)C(C(C)OC)N(C)C(=O)C(O)(CO)NC(=O)/C=C/C=C/C=C/C=C\CNC(=O)C(C)(C)C(O)\C(C)=C/C=C\C=C\Cc1cnc(C)o1.COC(=O)C(C(C)OC)N(C)C(=O)C(O)(CO)NC(=O)/C=C/C=C/C=C/C=C\CNC(=O)C(C)(C)C(O)\C(C)=C/C=C\C=C\Cc1cnco1. The second-order valence-corrected chi connectivity index (χ2v) is 23.6. The van der Waals surface area contributed by atoms with Gasteiger partial charge in [0.2, 0.25) is 35.1 Å². The quantitative estimate of drug-likeness (QED) is 0.0195. The number of carbonyl (C=O) groups excluding carboxylic acids is 8. The molecule has 28 heteroatoms. The molecule has 2 aromatic heterocycles. The summed E-state index contributed by atoms with van der Waals surface area (Å²) in [6.45, 7) is 13.1. The van der Waals surface area contributed by atoms with E-state index in [0.717, 1.165) is 47.7 Å². The van der Waals surface area contributed by atoms with Gasteiger partial charge in [-0.25, -0.2) is 19.6 Å². The van der Waals surface area contributed by atoms with E-state index in [1.807, 2.05) is 47.1 Å². The average molecular weight is 1410 g/mol. The van der Waals surface area contributed by atoms with Crippen molar-refractivity contribution < 1.29 is 96.8 Å². The lowest BCUT2D eigenvalue weighted by molar-refractivity contribution is -0.172. The van der Waals surface area contributed by atoms with Crippen molar-refractivity contribution in [1.29, 1.82) is 0 Å². The number of amides is 6. The van der Waals surface area contributed by atoms with E-state index in [2.05, 4.69) is 20.6 Å². The lowest BCUT2D eigenvalue weighted by atomic mass is 9.81. The smallest absolute Gasteiger partial charge is 0.331 e. The van der Waals surface area contributed by atoms with Gasteiger partial charge in [-0.05, 0) is 66.5 Å². The van der Waals surface area contributed by atoms with Crippen LogP contribution in [-0.2, 0) is 70.1 Å². The number of nitrogens with zero attached hydrogens (tertiary/aromatic N) is 4. The Morgan fingerprint density at radius 3 is 1.24 bits per heavy atom. The summed E-state index contributed by atoms with van der Waals surface area (Å²) in [6, 6.07) is -2.50. The van der Waals surface area contributed by atoms with Gasteiger partial charge >= 0.3 is 11.9 Å². The molecule has 6 amide bonds. The number of likely N-dealkylation sites (N-methyl/N-ethyl adjacent to an activating group) is 2. The number of nitrogens with one attached hydrogen (secondary N) is 4. The van der Waals surface area contributed by atoms with Crippen LogP contribution in [0.1, 0.15) is 72.8 Å². The van der Waals surface area contributed by atoms with Crippen LogP contribution in [0, 0.1) is 17.8 Å². The highest BCUT2D eigenvalue weighted by atomic mass is 16.5. The lowest BCUT2D eigenvalue weighted by Gasteiger charge is -2.35. The van der Waals surface area contributed by atoms with E-state index in [9.17, 15) is 69.0 Å². The molecule has 0 aromatic carbocycles. The number of aliphatic hydroxyl groups excluding tert-OH is 4. The molecule has 0 spiro atoms. The molecule has 0 aliphatic carbocycles. The summed E-state index contributed by atoms with van der Waals surface area (Å²) in [5, 5.41) is 71.9. The van der Waals surface area contributed by atoms with Crippen LogP contribution < -0.4 is 21.3 Å². The molecular weight excluding hydrogens is 1310 g/mol. The number of ether oxygens (including phenoxy) is 4. The second kappa shape index (κ2) is 46.5. The number of aliphatic hydroxyl groups is 6. The van der Waals surface area contributed by atoms with Gasteiger partial charge in [-0.15, -0.1) is 0 Å². The lowest BCUT2D eigenvalue weighted by Crippen LogP contribution is -2.64. The van der Waals surface area contributed by atoms with E-state index in [-0.39, 0.29) is 24.9 Å². The topological polar surface area (TPSA) is 402 Å². The number of carbonyl (C=O) groups is 8. The van der Waals surface area contributed by atoms with Crippen molar-refractivity contribution in [3.63, 3.8) is 0 Å². The highest BCUT2D eigenvalue weighted by Crippen LogP contribution is 2.28. The number of aryl methyl sites for hydroxylation is 1. The van der Waals surface area contributed by atoms with Gasteiger partial charge in [0.1, 0.15) is 24.7 Å². The van der Waals surface area contributed by atoms with Gasteiger partial charge in [0, 0.05) is 73.3 Å². The van der Waals surface area contributed by atoms with Crippen molar-refractivity contribution in [1.82, 2.24) is 41.0 Å². The monoisotopic (exact) mass is 1410 g/mol. The number of esters is 2. The summed E-state index contributed by atoms with van der Waals surface area (Å²) in [6.07, 6.45) is 45.1. The van der Waals surface area contributed by atoms with Crippen LogP contribution in [-0.4, -0.2) is 215 Å². The third-order valence-electron chi connectivity index (χ3n) is 15.1. The van der Waals surface area contributed by atoms with Crippen LogP contribution in [0.3, 0.4) is 0 Å². The first kappa shape index (κ1) is 89.2. The number of hydrogen-bond acceptors (Lipinski definition) is 22. The summed E-state index contributed by atoms with van der Waals surface area (Å²) >= 11 is 0. The molecule has 8 unspecified atom stereocenters. The Morgan fingerprint density at radius 2 is 0.901 bits per heavy atom. The van der Waals surface area contributed by atoms with Gasteiger partial charge in [-0.2, -0.15) is 0 Å². The minimum atomic E-state index is -2.71. The predicted octanol–water partition coefficient (Wildman–Crippen LogP) is 3.98. The van der Waals surface area contributed by atoms with Crippen molar-refractivity contribution in [2.45, 2.75) is 123 Å². The molecule has 554 valence electrons. The zero-order valence-corrected chi connectivity index (χ0v) is 60.1. The van der Waals surface area contributed by atoms with E-state index >= 15 is 0 Å². The van der Waals surface area contributed by atoms with E-state index in [4.69, 9.17) is 27.8 Å². The van der Waals surface area contributed by atoms with Crippen molar-refractivity contribution >= 4 is 47.4 Å². The Balaban J connectivity index is 0.00000101. The molecule has 0 saturated heterocycles. The number of aromatic nitrogens is 2. The minimum absolute atomic E-state index is 0.230. The Hall–Kier alpha value is -9.78. The molecule has 2 rings (SSSR count). The normalized spacial score (nSPS) is 16.0. The van der Waals surface area contributed by atoms with Gasteiger partial charge in [-0.1, -0.05) is 146 Å². The molecule has 0 aliphatic rings. The highest BCUT2D eigenvalue weighted by Gasteiger charge is 2.46. The number of allylic oxidation sites excluding steroid dienone is 22. The van der Waals surface area contributed by atoms with E-state index in [1.165, 1.54) is 72.9 Å². The number of oxazole rings is 2. The molecule has 0 bridgehead atoms. The Kier molecular flexibility index (Phi) is 41.1. The molecule has 2 aromatic rings. The standard InChI is InChI=1S/C37H52N4O10.C36H50N4O10/c1-26(20-16-13-14-17-21-29-24-39-28(3)51-29)32(44)36(4,5)34(46)38-23-19-15-11-9-10-12-18-22-30(43)40-37(48,25-42)35(47)41(6)31(27(2)49-7)33(45)50-8;1-26(19-15-12-13-16-20-28-23-37-25-50-28)31(43)35(3,4)33(45)38-22-18-14-10-8-9-11-17-21-29(42)39-36(47,24-41)34(46)40(5)30(27(2)48-6)32(44)49-7/h9-20,22,24,27,31-32,42,44,48H,21,23,25H2,1-8H3,(H,38,46)(H,40,43);8-19,21,23,25,27,30-31,41,43,47H,20,22,24H2,1-7H3,(H,38,45)(H,39,42)/b11-9+,12-10+,16-13-,17-14+,19-15-,22-18+,26-20-;10-8+,11-9+,15-12-,16-13+,18-14-,21-17+,26-19-. The maximum atomic E-state index is 12.9. The zero-order chi connectivity index (χ0) is 76.4. The minimum Gasteiger partial charge on any atom is -0.467 e. The first-order valence-corrected chi connectivity index (χ1v) is 31.8. The molecule has 0 fully saturated rings. The van der Waals surface area contributed by atoms with Gasteiger partial charge in [-0.3, -0.25) is 28.8 Å². The van der Waals surface area contributed by atoms with Gasteiger partial charge in [0.25, 0.3) is 11.8 Å². The largest absolute Gasteiger partial charge is 0.467 e. The third-order valence-corrected chi connectivity index (χ3v) is 15.1. The van der Waals surface area contributed by atoms with Crippen LogP contribution in [0.15, 0.2) is 197 Å². The molecule has 0 radical (unpaired) electrons. The summed E-state index contributed by atoms with van der Waals surface area (Å²) < 4.78 is 30.2. The van der Waals surface area contributed by atoms with Crippen LogP contribution in [0.4, 0.5) is 0 Å². The number of hydrogen-bond donors (Lipinski definition) is 10. The maximum Gasteiger partial charge on any atom is 0.331 e. The number of rotatable bonds is 40. The van der Waals surface area contributed by atoms with Crippen molar-refractivity contribution in [2.75, 3.05) is 68.8 Å². The van der Waals surface area contributed by atoms with Crippen molar-refractivity contribution in [3.8, 4) is 0 Å². The van der Waals surface area contributed by atoms with Crippen molar-refractivity contribution in [2.24, 2.45) is 10.8 Å². The molecule has 2 heterocycles. The third kappa shape index (κ3) is 31.1. The molecule has 8 atom stereocenters. The van der Waals surface area contributed by atoms with E-state index < -0.39 is 108 Å². The number of methoxy groups -OCH3 is 4. The van der Waals surface area contributed by atoms with Crippen LogP contribution in [0.25, 0.3) is 0 Å². The molecule has 101 heavy (non-hydrogen) atoms. The zero-order valence-electron chi connectivity index (χ0n) is 60.1. The van der Waals surface area contributed by atoms with Crippen LogP contribution in [0.5, 0.6) is 0 Å². The van der Waals surface area contributed by atoms with Crippen LogP contribution in [0.2, 0.25) is 0 Å². The van der Waals surface area contributed by atoms with Gasteiger partial charge < -0.3 is 89.5 Å². The summed E-state index contributed by atoms with van der Waals surface area (Å²) in [5.74, 6) is -4.19. The molecule has 0 aliphatic heterocycles.